The molecular formula is C24H22ClF4N3O. The molecule has 1 aromatic heterocycles. The van der Waals surface area contributed by atoms with Gasteiger partial charge in [-0.2, -0.15) is 13.2 Å². The Bertz CT molecular complexity index is 1200. The Labute approximate surface area is 194 Å². The molecule has 0 aliphatic carbocycles. The van der Waals surface area contributed by atoms with E-state index in [0.717, 1.165) is 18.2 Å². The van der Waals surface area contributed by atoms with Crippen LogP contribution in [0.5, 0.6) is 0 Å². The molecule has 9 heteroatoms. The molecule has 4 rings (SSSR count). The summed E-state index contributed by atoms with van der Waals surface area (Å²) >= 11 is 6.26. The third kappa shape index (κ3) is 4.80. The lowest BCUT2D eigenvalue weighted by Crippen LogP contribution is -2.45. The zero-order chi connectivity index (χ0) is 24.5. The van der Waals surface area contributed by atoms with E-state index in [1.807, 2.05) is 13.8 Å². The highest BCUT2D eigenvalue weighted by molar-refractivity contribution is 6.33. The van der Waals surface area contributed by atoms with Crippen molar-refractivity contribution in [3.05, 3.63) is 81.9 Å². The van der Waals surface area contributed by atoms with Gasteiger partial charge in [0.05, 0.1) is 22.5 Å². The van der Waals surface area contributed by atoms with Crippen LogP contribution < -0.4 is 9.80 Å². The van der Waals surface area contributed by atoms with E-state index in [4.69, 9.17) is 11.6 Å². The van der Waals surface area contributed by atoms with Crippen molar-refractivity contribution in [1.29, 1.82) is 0 Å². The molecule has 0 spiro atoms. The molecule has 0 saturated heterocycles. The van der Waals surface area contributed by atoms with Crippen LogP contribution in [0, 0.1) is 19.7 Å². The number of pyridine rings is 1. The number of rotatable bonds is 2. The quantitative estimate of drug-likeness (QED) is 0.286. The van der Waals surface area contributed by atoms with E-state index in [1.54, 1.807) is 26.0 Å². The number of carbonyl (C=O) groups is 1. The van der Waals surface area contributed by atoms with E-state index in [1.165, 1.54) is 28.0 Å². The molecule has 0 unspecified atom stereocenters. The summed E-state index contributed by atoms with van der Waals surface area (Å²) < 4.78 is 53.7. The molecule has 0 bridgehead atoms. The minimum Gasteiger partial charge on any atom is -0.322 e. The number of benzene rings is 2. The number of halogens is 5. The highest BCUT2D eigenvalue weighted by atomic mass is 35.5. The number of alkyl halides is 3. The van der Waals surface area contributed by atoms with Gasteiger partial charge in [-0.05, 0) is 67.9 Å². The molecular weight excluding hydrogens is 458 g/mol. The van der Waals surface area contributed by atoms with Gasteiger partial charge >= 0.3 is 6.18 Å². The van der Waals surface area contributed by atoms with Crippen LogP contribution in [0.3, 0.4) is 0 Å². The first-order chi connectivity index (χ1) is 15.6. The van der Waals surface area contributed by atoms with Crippen LogP contribution in [-0.4, -0.2) is 17.6 Å². The van der Waals surface area contributed by atoms with Gasteiger partial charge in [-0.1, -0.05) is 25.4 Å². The Morgan fingerprint density at radius 1 is 0.909 bits per heavy atom. The summed E-state index contributed by atoms with van der Waals surface area (Å²) in [5.74, 6) is -0.978. The van der Waals surface area contributed by atoms with Crippen LogP contribution in [0.25, 0.3) is 0 Å². The molecule has 3 aromatic rings. The maximum absolute atomic E-state index is 13.7. The van der Waals surface area contributed by atoms with Crippen LogP contribution in [-0.2, 0) is 6.18 Å². The van der Waals surface area contributed by atoms with E-state index >= 15 is 0 Å². The minimum absolute atomic E-state index is 0.0691. The molecule has 0 radical (unpaired) electrons. The van der Waals surface area contributed by atoms with Gasteiger partial charge in [-0.25, -0.2) is 9.37 Å². The summed E-state index contributed by atoms with van der Waals surface area (Å²) in [6.45, 7) is 7.27. The molecule has 1 amide bonds. The number of nitrogens with zero attached hydrogens (tertiary/aromatic N) is 3. The van der Waals surface area contributed by atoms with Crippen molar-refractivity contribution < 1.29 is 22.4 Å². The van der Waals surface area contributed by atoms with Gasteiger partial charge in [-0.3, -0.25) is 9.69 Å². The van der Waals surface area contributed by atoms with Crippen molar-refractivity contribution in [2.75, 3.05) is 16.5 Å². The molecule has 2 heterocycles. The van der Waals surface area contributed by atoms with E-state index in [0.29, 0.717) is 22.6 Å². The summed E-state index contributed by atoms with van der Waals surface area (Å²) in [7, 11) is 0. The minimum atomic E-state index is -4.58. The highest BCUT2D eigenvalue weighted by Crippen LogP contribution is 2.41. The lowest BCUT2D eigenvalue weighted by molar-refractivity contribution is -0.137. The number of aryl methyl sites for hydroxylation is 2. The summed E-state index contributed by atoms with van der Waals surface area (Å²) in [6, 6.07) is 10.2. The smallest absolute Gasteiger partial charge is 0.322 e. The number of aromatic nitrogens is 1. The average Bonchev–Trinajstić information content (AvgIpc) is 2.76. The predicted octanol–water partition coefficient (Wildman–Crippen LogP) is 7.29. The van der Waals surface area contributed by atoms with Gasteiger partial charge in [0.1, 0.15) is 12.5 Å². The lowest BCUT2D eigenvalue weighted by atomic mass is 10.0. The highest BCUT2D eigenvalue weighted by Gasteiger charge is 2.37. The van der Waals surface area contributed by atoms with Crippen molar-refractivity contribution in [1.82, 2.24) is 4.98 Å². The monoisotopic (exact) mass is 479 g/mol. The molecule has 0 N–H and O–H groups in total. The molecule has 0 atom stereocenters. The number of hydrogen-bond donors (Lipinski definition) is 0. The first-order valence-electron chi connectivity index (χ1n) is 10.3. The van der Waals surface area contributed by atoms with Gasteiger partial charge < -0.3 is 4.90 Å². The second-order valence-electron chi connectivity index (χ2n) is 7.23. The average molecular weight is 480 g/mol. The first-order valence-corrected chi connectivity index (χ1v) is 10.6. The van der Waals surface area contributed by atoms with E-state index < -0.39 is 23.5 Å². The number of carbonyl (C=O) groups excluding carboxylic acids is 1. The fraction of sp³-hybridized carbons (Fsp3) is 0.250. The zero-order valence-corrected chi connectivity index (χ0v) is 19.2. The number of amides is 1. The number of anilines is 3. The Balaban J connectivity index is 0.00000149. The van der Waals surface area contributed by atoms with Crippen molar-refractivity contribution in [2.45, 2.75) is 33.9 Å². The fourth-order valence-electron chi connectivity index (χ4n) is 3.57. The molecule has 2 aromatic carbocycles. The second kappa shape index (κ2) is 9.39. The van der Waals surface area contributed by atoms with Crippen molar-refractivity contribution >= 4 is 34.6 Å². The Kier molecular flexibility index (Phi) is 6.97. The lowest BCUT2D eigenvalue weighted by Gasteiger charge is -2.39. The summed E-state index contributed by atoms with van der Waals surface area (Å²) in [6.07, 6.45) is -4.58. The topological polar surface area (TPSA) is 36.4 Å². The van der Waals surface area contributed by atoms with Gasteiger partial charge in [-0.15, -0.1) is 0 Å². The summed E-state index contributed by atoms with van der Waals surface area (Å²) in [5.41, 5.74) is 1.22. The van der Waals surface area contributed by atoms with Crippen LogP contribution in [0.15, 0.2) is 48.5 Å². The van der Waals surface area contributed by atoms with Gasteiger partial charge in [0.2, 0.25) is 0 Å². The van der Waals surface area contributed by atoms with Gasteiger partial charge in [0.15, 0.2) is 5.15 Å². The predicted molar refractivity (Wildman–Crippen MR) is 122 cm³/mol. The van der Waals surface area contributed by atoms with Crippen molar-refractivity contribution in [3.63, 3.8) is 0 Å². The van der Waals surface area contributed by atoms with Crippen LogP contribution in [0.1, 0.15) is 41.0 Å². The standard InChI is InChI=1S/C22H16ClF4N3O.C2H6/c1-12-9-15(24)5-8-17(12)29-11-30(18-7-3-13(2)28-20(18)23)21(31)16-6-4-14(10-19(16)29)22(25,26)27;1-2/h3-10H,11H2,1-2H3;1-2H3. The molecule has 174 valence electrons. The summed E-state index contributed by atoms with van der Waals surface area (Å²) in [4.78, 5) is 20.2. The Morgan fingerprint density at radius 3 is 2.18 bits per heavy atom. The van der Waals surface area contributed by atoms with E-state index in [-0.39, 0.29) is 23.1 Å². The molecule has 1 aliphatic heterocycles. The second-order valence-corrected chi connectivity index (χ2v) is 7.58. The molecule has 1 aliphatic rings. The van der Waals surface area contributed by atoms with Crippen LogP contribution in [0.2, 0.25) is 5.15 Å². The molecule has 33 heavy (non-hydrogen) atoms. The Hall–Kier alpha value is -3.13. The zero-order valence-electron chi connectivity index (χ0n) is 18.5. The summed E-state index contributed by atoms with van der Waals surface area (Å²) in [5, 5.41) is 0.0967. The van der Waals surface area contributed by atoms with Crippen LogP contribution in [0.4, 0.5) is 34.6 Å². The van der Waals surface area contributed by atoms with Crippen molar-refractivity contribution in [2.24, 2.45) is 0 Å². The number of fused-ring (bicyclic) bond motifs is 1. The fourth-order valence-corrected chi connectivity index (χ4v) is 3.87. The van der Waals surface area contributed by atoms with Crippen LogP contribution >= 0.6 is 11.6 Å². The first kappa shape index (κ1) is 24.5. The maximum atomic E-state index is 13.7. The normalized spacial score (nSPS) is 13.4. The maximum Gasteiger partial charge on any atom is 0.416 e. The SMILES string of the molecule is CC.Cc1ccc(N2CN(c3ccc(F)cc3C)c3cc(C(F)(F)F)ccc3C2=O)c(Cl)n1. The van der Waals surface area contributed by atoms with Crippen molar-refractivity contribution in [3.8, 4) is 0 Å². The van der Waals surface area contributed by atoms with E-state index in [2.05, 4.69) is 4.98 Å². The third-order valence-corrected chi connectivity index (χ3v) is 5.36. The molecule has 0 fully saturated rings. The van der Waals surface area contributed by atoms with Gasteiger partial charge in [0.25, 0.3) is 5.91 Å². The van der Waals surface area contributed by atoms with Gasteiger partial charge in [0, 0.05) is 11.4 Å². The van der Waals surface area contributed by atoms with E-state index in [9.17, 15) is 22.4 Å². The third-order valence-electron chi connectivity index (χ3n) is 5.08. The molecule has 0 saturated carbocycles. The largest absolute Gasteiger partial charge is 0.416 e. The molecule has 4 nitrogen and oxygen atoms in total. The number of hydrogen-bond acceptors (Lipinski definition) is 3. The Morgan fingerprint density at radius 2 is 1.58 bits per heavy atom.